The van der Waals surface area contributed by atoms with Crippen molar-refractivity contribution in [3.05, 3.63) is 64.6 Å². The molecule has 1 N–H and O–H groups in total. The van der Waals surface area contributed by atoms with Gasteiger partial charge in [-0.15, -0.1) is 0 Å². The summed E-state index contributed by atoms with van der Waals surface area (Å²) in [5.74, 6) is 0.559. The number of ether oxygens (including phenoxy) is 1. The van der Waals surface area contributed by atoms with Crippen LogP contribution in [-0.2, 0) is 11.3 Å². The molecule has 0 unspecified atom stereocenters. The highest BCUT2D eigenvalue weighted by molar-refractivity contribution is 9.10. The van der Waals surface area contributed by atoms with Gasteiger partial charge in [0.25, 0.3) is 5.91 Å². The molecular formula is C15H14BrNO2. The summed E-state index contributed by atoms with van der Waals surface area (Å²) in [6.45, 7) is 0.522. The van der Waals surface area contributed by atoms with E-state index in [0.29, 0.717) is 12.3 Å². The van der Waals surface area contributed by atoms with E-state index >= 15 is 0 Å². The lowest BCUT2D eigenvalue weighted by Crippen LogP contribution is -2.28. The van der Waals surface area contributed by atoms with Crippen molar-refractivity contribution >= 4 is 21.8 Å². The van der Waals surface area contributed by atoms with E-state index in [4.69, 9.17) is 4.74 Å². The molecule has 2 aromatic rings. The number of halogens is 1. The molecular weight excluding hydrogens is 306 g/mol. The summed E-state index contributed by atoms with van der Waals surface area (Å²) in [6, 6.07) is 17.1. The first-order valence-corrected chi connectivity index (χ1v) is 6.72. The zero-order chi connectivity index (χ0) is 13.5. The molecule has 1 amide bonds. The summed E-state index contributed by atoms with van der Waals surface area (Å²) in [5.41, 5.74) is 1.04. The Hall–Kier alpha value is -1.81. The number of rotatable bonds is 5. The summed E-state index contributed by atoms with van der Waals surface area (Å²) in [6.07, 6.45) is 0. The maximum atomic E-state index is 11.6. The van der Waals surface area contributed by atoms with Crippen LogP contribution in [0.3, 0.4) is 0 Å². The fraction of sp³-hybridized carbons (Fsp3) is 0.133. The first-order chi connectivity index (χ1) is 9.24. The molecule has 98 valence electrons. The molecule has 0 aliphatic heterocycles. The summed E-state index contributed by atoms with van der Waals surface area (Å²) in [7, 11) is 0. The van der Waals surface area contributed by atoms with Crippen molar-refractivity contribution in [1.82, 2.24) is 5.32 Å². The monoisotopic (exact) mass is 319 g/mol. The number of carbonyl (C=O) groups is 1. The zero-order valence-electron chi connectivity index (χ0n) is 10.3. The van der Waals surface area contributed by atoms with Gasteiger partial charge in [-0.2, -0.15) is 0 Å². The molecule has 2 rings (SSSR count). The van der Waals surface area contributed by atoms with Crippen LogP contribution < -0.4 is 10.1 Å². The highest BCUT2D eigenvalue weighted by Gasteiger charge is 2.02. The normalized spacial score (nSPS) is 9.95. The molecule has 3 nitrogen and oxygen atoms in total. The van der Waals surface area contributed by atoms with E-state index in [0.717, 1.165) is 10.0 Å². The van der Waals surface area contributed by atoms with E-state index < -0.39 is 0 Å². The third-order valence-electron chi connectivity index (χ3n) is 2.49. The van der Waals surface area contributed by atoms with Crippen LogP contribution in [0.5, 0.6) is 5.75 Å². The maximum absolute atomic E-state index is 11.6. The molecule has 0 radical (unpaired) electrons. The smallest absolute Gasteiger partial charge is 0.258 e. The number of benzene rings is 2. The van der Waals surface area contributed by atoms with Crippen LogP contribution >= 0.6 is 15.9 Å². The van der Waals surface area contributed by atoms with Crippen molar-refractivity contribution in [2.75, 3.05) is 6.61 Å². The van der Waals surface area contributed by atoms with Gasteiger partial charge in [0.05, 0.1) is 0 Å². The summed E-state index contributed by atoms with van der Waals surface area (Å²) in [4.78, 5) is 11.6. The first-order valence-electron chi connectivity index (χ1n) is 5.93. The average molecular weight is 320 g/mol. The van der Waals surface area contributed by atoms with Crippen LogP contribution in [0.15, 0.2) is 59.1 Å². The minimum Gasteiger partial charge on any atom is -0.484 e. The second-order valence-corrected chi connectivity index (χ2v) is 4.92. The van der Waals surface area contributed by atoms with E-state index in [1.54, 1.807) is 0 Å². The first kappa shape index (κ1) is 13.6. The third kappa shape index (κ3) is 4.75. The quantitative estimate of drug-likeness (QED) is 0.919. The molecule has 0 aromatic heterocycles. The lowest BCUT2D eigenvalue weighted by atomic mass is 10.2. The van der Waals surface area contributed by atoms with Crippen molar-refractivity contribution in [1.29, 1.82) is 0 Å². The minimum absolute atomic E-state index is 0.0258. The van der Waals surface area contributed by atoms with Crippen LogP contribution in [0.4, 0.5) is 0 Å². The molecule has 0 saturated heterocycles. The zero-order valence-corrected chi connectivity index (χ0v) is 11.9. The minimum atomic E-state index is -0.135. The van der Waals surface area contributed by atoms with E-state index in [1.807, 2.05) is 54.6 Å². The average Bonchev–Trinajstić information content (AvgIpc) is 2.44. The predicted octanol–water partition coefficient (Wildman–Crippen LogP) is 3.14. The van der Waals surface area contributed by atoms with Crippen LogP contribution in [-0.4, -0.2) is 12.5 Å². The molecule has 4 heteroatoms. The van der Waals surface area contributed by atoms with Gasteiger partial charge in [-0.1, -0.05) is 46.3 Å². The molecule has 19 heavy (non-hydrogen) atoms. The Morgan fingerprint density at radius 2 is 1.89 bits per heavy atom. The van der Waals surface area contributed by atoms with Crippen LogP contribution in [0.25, 0.3) is 0 Å². The number of para-hydroxylation sites is 1. The Labute approximate surface area is 120 Å². The Morgan fingerprint density at radius 1 is 1.11 bits per heavy atom. The predicted molar refractivity (Wildman–Crippen MR) is 77.9 cm³/mol. The van der Waals surface area contributed by atoms with Crippen LogP contribution in [0.1, 0.15) is 5.56 Å². The van der Waals surface area contributed by atoms with Crippen LogP contribution in [0.2, 0.25) is 0 Å². The Morgan fingerprint density at radius 3 is 2.63 bits per heavy atom. The number of hydrogen-bond donors (Lipinski definition) is 1. The maximum Gasteiger partial charge on any atom is 0.258 e. The highest BCUT2D eigenvalue weighted by atomic mass is 79.9. The second kappa shape index (κ2) is 6.95. The second-order valence-electron chi connectivity index (χ2n) is 4.01. The van der Waals surface area contributed by atoms with Crippen molar-refractivity contribution in [2.45, 2.75) is 6.54 Å². The van der Waals surface area contributed by atoms with Crippen molar-refractivity contribution < 1.29 is 9.53 Å². The Balaban J connectivity index is 1.76. The SMILES string of the molecule is O=C(COc1ccccc1)NCc1cccc(Br)c1. The van der Waals surface area contributed by atoms with E-state index in [1.165, 1.54) is 0 Å². The molecule has 0 bridgehead atoms. The fourth-order valence-corrected chi connectivity index (χ4v) is 2.01. The summed E-state index contributed by atoms with van der Waals surface area (Å²) in [5, 5.41) is 2.81. The van der Waals surface area contributed by atoms with Gasteiger partial charge >= 0.3 is 0 Å². The lowest BCUT2D eigenvalue weighted by molar-refractivity contribution is -0.123. The Bertz CT molecular complexity index is 543. The van der Waals surface area contributed by atoms with Gasteiger partial charge < -0.3 is 10.1 Å². The molecule has 0 aliphatic rings. The van der Waals surface area contributed by atoms with E-state index in [2.05, 4.69) is 21.2 Å². The highest BCUT2D eigenvalue weighted by Crippen LogP contribution is 2.11. The standard InChI is InChI=1S/C15H14BrNO2/c16-13-6-4-5-12(9-13)10-17-15(18)11-19-14-7-2-1-3-8-14/h1-9H,10-11H2,(H,17,18). The van der Waals surface area contributed by atoms with Gasteiger partial charge in [0.2, 0.25) is 0 Å². The van der Waals surface area contributed by atoms with Crippen molar-refractivity contribution in [2.24, 2.45) is 0 Å². The van der Waals surface area contributed by atoms with Gasteiger partial charge in [0, 0.05) is 11.0 Å². The molecule has 0 saturated carbocycles. The van der Waals surface area contributed by atoms with Gasteiger partial charge in [-0.3, -0.25) is 4.79 Å². The number of carbonyl (C=O) groups excluding carboxylic acids is 1. The van der Waals surface area contributed by atoms with E-state index in [-0.39, 0.29) is 12.5 Å². The number of nitrogens with one attached hydrogen (secondary N) is 1. The third-order valence-corrected chi connectivity index (χ3v) is 2.99. The summed E-state index contributed by atoms with van der Waals surface area (Å²) < 4.78 is 6.36. The van der Waals surface area contributed by atoms with Crippen LogP contribution in [0, 0.1) is 0 Å². The molecule has 0 aliphatic carbocycles. The van der Waals surface area contributed by atoms with Gasteiger partial charge in [0.1, 0.15) is 5.75 Å². The molecule has 0 fully saturated rings. The summed E-state index contributed by atoms with van der Waals surface area (Å²) >= 11 is 3.39. The van der Waals surface area contributed by atoms with Crippen molar-refractivity contribution in [3.63, 3.8) is 0 Å². The number of amides is 1. The molecule has 0 heterocycles. The largest absolute Gasteiger partial charge is 0.484 e. The Kier molecular flexibility index (Phi) is 4.98. The van der Waals surface area contributed by atoms with E-state index in [9.17, 15) is 4.79 Å². The van der Waals surface area contributed by atoms with Gasteiger partial charge in [-0.05, 0) is 29.8 Å². The fourth-order valence-electron chi connectivity index (χ4n) is 1.56. The lowest BCUT2D eigenvalue weighted by Gasteiger charge is -2.07. The number of hydrogen-bond acceptors (Lipinski definition) is 2. The molecule has 0 spiro atoms. The van der Waals surface area contributed by atoms with Gasteiger partial charge in [-0.25, -0.2) is 0 Å². The van der Waals surface area contributed by atoms with Gasteiger partial charge in [0.15, 0.2) is 6.61 Å². The molecule has 0 atom stereocenters. The van der Waals surface area contributed by atoms with Crippen molar-refractivity contribution in [3.8, 4) is 5.75 Å². The topological polar surface area (TPSA) is 38.3 Å². The molecule has 2 aromatic carbocycles.